The van der Waals surface area contributed by atoms with Gasteiger partial charge in [0.1, 0.15) is 0 Å². The molecule has 0 atom stereocenters. The molecule has 0 unspecified atom stereocenters. The number of carbonyl (C=O) groups excluding carboxylic acids is 1. The number of nitrogen functional groups attached to an aromatic ring is 1. The van der Waals surface area contributed by atoms with Crippen LogP contribution in [0.5, 0.6) is 0 Å². The van der Waals surface area contributed by atoms with Gasteiger partial charge in [-0.25, -0.2) is 4.79 Å². The number of pyridine rings is 1. The number of rotatable bonds is 2. The van der Waals surface area contributed by atoms with E-state index >= 15 is 0 Å². The third-order valence-corrected chi connectivity index (χ3v) is 3.80. The van der Waals surface area contributed by atoms with Gasteiger partial charge in [-0.15, -0.1) is 5.06 Å². The van der Waals surface area contributed by atoms with Crippen molar-refractivity contribution in [1.29, 1.82) is 0 Å². The highest BCUT2D eigenvalue weighted by Gasteiger charge is 2.29. The number of aryl methyl sites for hydroxylation is 1. The quantitative estimate of drug-likeness (QED) is 0.907. The summed E-state index contributed by atoms with van der Waals surface area (Å²) in [5, 5.41) is 1.77. The molecule has 0 radical (unpaired) electrons. The highest BCUT2D eigenvalue weighted by molar-refractivity contribution is 5.75. The van der Waals surface area contributed by atoms with E-state index in [1.165, 1.54) is 0 Å². The largest absolute Gasteiger partial charge is 0.397 e. The molecule has 0 saturated carbocycles. The Labute approximate surface area is 126 Å². The zero-order chi connectivity index (χ0) is 15.6. The van der Waals surface area contributed by atoms with E-state index in [0.29, 0.717) is 11.6 Å². The van der Waals surface area contributed by atoms with Gasteiger partial charge in [-0.3, -0.25) is 4.98 Å². The summed E-state index contributed by atoms with van der Waals surface area (Å²) >= 11 is 0. The van der Waals surface area contributed by atoms with E-state index in [-0.39, 0.29) is 5.97 Å². The summed E-state index contributed by atoms with van der Waals surface area (Å²) in [4.78, 5) is 21.8. The minimum atomic E-state index is -0.466. The number of hydrogen-bond donors (Lipinski definition) is 1. The van der Waals surface area contributed by atoms with Crippen molar-refractivity contribution < 1.29 is 9.63 Å². The van der Waals surface area contributed by atoms with Crippen LogP contribution in [-0.4, -0.2) is 29.1 Å². The van der Waals surface area contributed by atoms with Gasteiger partial charge in [0.25, 0.3) is 0 Å². The highest BCUT2D eigenvalue weighted by atomic mass is 16.7. The Kier molecular flexibility index (Phi) is 4.52. The summed E-state index contributed by atoms with van der Waals surface area (Å²) in [6.45, 7) is 9.14. The smallest absolute Gasteiger partial charge is 0.330 e. The van der Waals surface area contributed by atoms with Crippen LogP contribution in [0.15, 0.2) is 12.3 Å². The summed E-state index contributed by atoms with van der Waals surface area (Å²) in [5.74, 6) is 0.234. The molecule has 0 amide bonds. The van der Waals surface area contributed by atoms with Gasteiger partial charge in [0.15, 0.2) is 0 Å². The van der Waals surface area contributed by atoms with Gasteiger partial charge >= 0.3 is 5.97 Å². The number of nitrogens with two attached hydrogens (primary N) is 1. The fourth-order valence-electron chi connectivity index (χ4n) is 2.51. The molecule has 1 fully saturated rings. The van der Waals surface area contributed by atoms with E-state index in [0.717, 1.165) is 37.2 Å². The van der Waals surface area contributed by atoms with Gasteiger partial charge in [0, 0.05) is 24.7 Å². The fraction of sp³-hybridized carbons (Fsp3) is 0.625. The summed E-state index contributed by atoms with van der Waals surface area (Å²) in [6, 6.07) is 1.97. The Morgan fingerprint density at radius 2 is 2.00 bits per heavy atom. The molecule has 1 saturated heterocycles. The third kappa shape index (κ3) is 3.94. The molecule has 21 heavy (non-hydrogen) atoms. The lowest BCUT2D eigenvalue weighted by Crippen LogP contribution is -2.38. The molecule has 0 aromatic carbocycles. The Balaban J connectivity index is 1.93. The lowest BCUT2D eigenvalue weighted by atomic mass is 9.91. The van der Waals surface area contributed by atoms with Crippen LogP contribution in [0, 0.1) is 12.3 Å². The van der Waals surface area contributed by atoms with Crippen molar-refractivity contribution in [2.24, 2.45) is 5.41 Å². The molecule has 1 aromatic heterocycles. The number of hydrogen-bond acceptors (Lipinski definition) is 5. The molecular weight excluding hydrogens is 266 g/mol. The Bertz CT molecular complexity index is 515. The van der Waals surface area contributed by atoms with Crippen molar-refractivity contribution in [3.63, 3.8) is 0 Å². The molecule has 2 heterocycles. The number of aromatic nitrogens is 1. The van der Waals surface area contributed by atoms with Crippen molar-refractivity contribution in [3.8, 4) is 0 Å². The molecule has 0 bridgehead atoms. The number of hydroxylamine groups is 2. The minimum absolute atomic E-state index is 0.178. The monoisotopic (exact) mass is 291 g/mol. The van der Waals surface area contributed by atoms with Crippen LogP contribution in [0.1, 0.15) is 50.8 Å². The zero-order valence-electron chi connectivity index (χ0n) is 13.3. The first kappa shape index (κ1) is 15.8. The van der Waals surface area contributed by atoms with Gasteiger partial charge in [0.05, 0.1) is 17.3 Å². The maximum atomic E-state index is 11.9. The molecule has 5 heteroatoms. The standard InChI is InChI=1S/C16H25N3O2/c1-11-9-13(17)10-18-14(11)12-5-7-19(8-6-12)21-15(20)16(2,3)4/h9-10,12H,5-8,17H2,1-4H3. The van der Waals surface area contributed by atoms with Gasteiger partial charge in [0.2, 0.25) is 0 Å². The van der Waals surface area contributed by atoms with Crippen LogP contribution in [0.3, 0.4) is 0 Å². The third-order valence-electron chi connectivity index (χ3n) is 3.80. The number of carbonyl (C=O) groups is 1. The topological polar surface area (TPSA) is 68.4 Å². The van der Waals surface area contributed by atoms with E-state index in [9.17, 15) is 4.79 Å². The second kappa shape index (κ2) is 6.02. The highest BCUT2D eigenvalue weighted by Crippen LogP contribution is 2.30. The van der Waals surface area contributed by atoms with E-state index < -0.39 is 5.41 Å². The second-order valence-corrected chi connectivity index (χ2v) is 6.80. The molecule has 5 nitrogen and oxygen atoms in total. The predicted octanol–water partition coefficient (Wildman–Crippen LogP) is 2.66. The van der Waals surface area contributed by atoms with Crippen LogP contribution in [0.4, 0.5) is 5.69 Å². The van der Waals surface area contributed by atoms with Crippen molar-refractivity contribution >= 4 is 11.7 Å². The molecular formula is C16H25N3O2. The van der Waals surface area contributed by atoms with Gasteiger partial charge in [-0.2, -0.15) is 0 Å². The lowest BCUT2D eigenvalue weighted by molar-refractivity contribution is -0.204. The van der Waals surface area contributed by atoms with E-state index in [1.54, 1.807) is 11.3 Å². The Hall–Kier alpha value is -1.62. The van der Waals surface area contributed by atoms with Crippen LogP contribution in [0.2, 0.25) is 0 Å². The lowest BCUT2D eigenvalue weighted by Gasteiger charge is -2.32. The number of anilines is 1. The normalized spacial score (nSPS) is 17.7. The molecule has 2 N–H and O–H groups in total. The second-order valence-electron chi connectivity index (χ2n) is 6.80. The van der Waals surface area contributed by atoms with E-state index in [4.69, 9.17) is 10.6 Å². The van der Waals surface area contributed by atoms with Crippen molar-refractivity contribution in [1.82, 2.24) is 10.0 Å². The van der Waals surface area contributed by atoms with Gasteiger partial charge in [-0.05, 0) is 52.2 Å². The first-order valence-electron chi connectivity index (χ1n) is 7.46. The van der Waals surface area contributed by atoms with Crippen molar-refractivity contribution in [3.05, 3.63) is 23.5 Å². The predicted molar refractivity (Wildman–Crippen MR) is 82.5 cm³/mol. The van der Waals surface area contributed by atoms with Gasteiger partial charge in [-0.1, -0.05) is 0 Å². The van der Waals surface area contributed by atoms with Crippen LogP contribution >= 0.6 is 0 Å². The molecule has 116 valence electrons. The van der Waals surface area contributed by atoms with Crippen molar-refractivity contribution in [2.45, 2.75) is 46.5 Å². The molecule has 0 aliphatic carbocycles. The fourth-order valence-corrected chi connectivity index (χ4v) is 2.51. The number of piperidine rings is 1. The average molecular weight is 291 g/mol. The van der Waals surface area contributed by atoms with E-state index in [1.807, 2.05) is 33.8 Å². The summed E-state index contributed by atoms with van der Waals surface area (Å²) < 4.78 is 0. The SMILES string of the molecule is Cc1cc(N)cnc1C1CCN(OC(=O)C(C)(C)C)CC1. The summed E-state index contributed by atoms with van der Waals surface area (Å²) in [6.07, 6.45) is 3.60. The molecule has 1 aliphatic rings. The molecule has 0 spiro atoms. The zero-order valence-corrected chi connectivity index (χ0v) is 13.3. The average Bonchev–Trinajstić information content (AvgIpc) is 2.39. The molecule has 1 aromatic rings. The first-order valence-corrected chi connectivity index (χ1v) is 7.46. The van der Waals surface area contributed by atoms with Crippen molar-refractivity contribution in [2.75, 3.05) is 18.8 Å². The summed E-state index contributed by atoms with van der Waals surface area (Å²) in [7, 11) is 0. The molecule has 1 aliphatic heterocycles. The first-order chi connectivity index (χ1) is 9.77. The maximum absolute atomic E-state index is 11.9. The minimum Gasteiger partial charge on any atom is -0.397 e. The number of nitrogens with zero attached hydrogens (tertiary/aromatic N) is 2. The van der Waals surface area contributed by atoms with Crippen LogP contribution < -0.4 is 5.73 Å². The van der Waals surface area contributed by atoms with Crippen LogP contribution in [-0.2, 0) is 9.63 Å². The maximum Gasteiger partial charge on any atom is 0.330 e. The van der Waals surface area contributed by atoms with E-state index in [2.05, 4.69) is 4.98 Å². The summed E-state index contributed by atoms with van der Waals surface area (Å²) in [5.41, 5.74) is 8.24. The molecule has 2 rings (SSSR count). The Morgan fingerprint density at radius 1 is 1.38 bits per heavy atom. The van der Waals surface area contributed by atoms with Crippen LogP contribution in [0.25, 0.3) is 0 Å². The Morgan fingerprint density at radius 3 is 2.52 bits per heavy atom. The van der Waals surface area contributed by atoms with Gasteiger partial charge < -0.3 is 10.6 Å².